The van der Waals surface area contributed by atoms with E-state index in [0.717, 1.165) is 24.8 Å². The lowest BCUT2D eigenvalue weighted by atomic mass is 9.70. The van der Waals surface area contributed by atoms with E-state index >= 15 is 0 Å². The van der Waals surface area contributed by atoms with Crippen molar-refractivity contribution >= 4 is 21.9 Å². The standard InChI is InChI=1S/C11H17NO2.C10H16O4S/c1-3-14-11(13)9-6-4-8-5-7-10(9)12(8)2;1-9(2)7-3-4-10(9,8(11)5-7)6-15(12,13)14/h6,8,10H,3-5,7H2,1-2H3;7H,3-6H2,1-2H3,(H,12,13,14)/t8-,10-;7-,10-/m11/s1. The molecule has 4 rings (SSSR count). The van der Waals surface area contributed by atoms with Crippen molar-refractivity contribution in [2.24, 2.45) is 16.7 Å². The highest BCUT2D eigenvalue weighted by atomic mass is 32.2. The van der Waals surface area contributed by atoms with Gasteiger partial charge in [0.25, 0.3) is 10.1 Å². The number of nitrogens with zero attached hydrogens (tertiary/aromatic N) is 1. The summed E-state index contributed by atoms with van der Waals surface area (Å²) in [5.41, 5.74) is -0.242. The molecule has 3 fully saturated rings. The maximum Gasteiger partial charge on any atom is 0.335 e. The Bertz CT molecular complexity index is 817. The summed E-state index contributed by atoms with van der Waals surface area (Å²) in [6, 6.07) is 0.964. The zero-order chi connectivity index (χ0) is 21.6. The zero-order valence-electron chi connectivity index (χ0n) is 17.8. The van der Waals surface area contributed by atoms with Gasteiger partial charge >= 0.3 is 5.97 Å². The molecule has 0 radical (unpaired) electrons. The average Bonchev–Trinajstić information content (AvgIpc) is 3.05. The second kappa shape index (κ2) is 7.78. The Labute approximate surface area is 173 Å². The van der Waals surface area contributed by atoms with Gasteiger partial charge in [0.1, 0.15) is 5.78 Å². The van der Waals surface area contributed by atoms with Crippen LogP contribution >= 0.6 is 0 Å². The Morgan fingerprint density at radius 3 is 2.52 bits per heavy atom. The van der Waals surface area contributed by atoms with Gasteiger partial charge in [0, 0.05) is 18.5 Å². The fourth-order valence-corrected chi connectivity index (χ4v) is 7.22. The number of likely N-dealkylation sites (N-methyl/N-ethyl adjacent to an activating group) is 1. The molecule has 0 amide bonds. The number of carbonyl (C=O) groups is 2. The second-order valence-electron chi connectivity index (χ2n) is 9.42. The summed E-state index contributed by atoms with van der Waals surface area (Å²) in [6.45, 7) is 6.21. The van der Waals surface area contributed by atoms with E-state index in [1.807, 2.05) is 20.8 Å². The summed E-state index contributed by atoms with van der Waals surface area (Å²) < 4.78 is 36.0. The summed E-state index contributed by atoms with van der Waals surface area (Å²) in [6.07, 6.45) is 7.36. The minimum absolute atomic E-state index is 0.0152. The molecule has 8 heteroatoms. The first-order valence-electron chi connectivity index (χ1n) is 10.5. The Morgan fingerprint density at radius 2 is 2.00 bits per heavy atom. The van der Waals surface area contributed by atoms with Crippen LogP contribution in [0.4, 0.5) is 0 Å². The number of hydrogen-bond acceptors (Lipinski definition) is 6. The van der Waals surface area contributed by atoms with Gasteiger partial charge in [-0.2, -0.15) is 8.42 Å². The Morgan fingerprint density at radius 1 is 1.31 bits per heavy atom. The van der Waals surface area contributed by atoms with Gasteiger partial charge in [-0.25, -0.2) is 4.79 Å². The van der Waals surface area contributed by atoms with Gasteiger partial charge in [-0.05, 0) is 57.4 Å². The predicted molar refractivity (Wildman–Crippen MR) is 109 cm³/mol. The molecule has 164 valence electrons. The van der Waals surface area contributed by atoms with Crippen LogP contribution in [0.1, 0.15) is 59.3 Å². The minimum Gasteiger partial charge on any atom is -0.463 e. The van der Waals surface area contributed by atoms with Gasteiger partial charge in [-0.1, -0.05) is 19.9 Å². The van der Waals surface area contributed by atoms with Crippen molar-refractivity contribution in [3.05, 3.63) is 11.6 Å². The van der Waals surface area contributed by atoms with E-state index in [4.69, 9.17) is 9.29 Å². The minimum atomic E-state index is -4.08. The second-order valence-corrected chi connectivity index (χ2v) is 10.9. The van der Waals surface area contributed by atoms with E-state index in [9.17, 15) is 18.0 Å². The summed E-state index contributed by atoms with van der Waals surface area (Å²) >= 11 is 0. The Kier molecular flexibility index (Phi) is 6.02. The van der Waals surface area contributed by atoms with Crippen LogP contribution < -0.4 is 0 Å². The molecular weight excluding hydrogens is 394 g/mol. The third-order valence-electron chi connectivity index (χ3n) is 7.89. The van der Waals surface area contributed by atoms with Gasteiger partial charge in [-0.3, -0.25) is 14.2 Å². The monoisotopic (exact) mass is 427 g/mol. The molecule has 0 aromatic rings. The topological polar surface area (TPSA) is 101 Å². The number of esters is 1. The van der Waals surface area contributed by atoms with Gasteiger partial charge < -0.3 is 4.74 Å². The summed E-state index contributed by atoms with van der Waals surface area (Å²) in [4.78, 5) is 25.8. The third-order valence-corrected chi connectivity index (χ3v) is 8.75. The maximum absolute atomic E-state index is 11.9. The van der Waals surface area contributed by atoms with Gasteiger partial charge in [0.2, 0.25) is 0 Å². The number of carbonyl (C=O) groups excluding carboxylic acids is 2. The first-order chi connectivity index (χ1) is 13.4. The van der Waals surface area contributed by atoms with Gasteiger partial charge in [0.05, 0.1) is 23.3 Å². The number of rotatable bonds is 4. The predicted octanol–water partition coefficient (Wildman–Crippen LogP) is 2.61. The van der Waals surface area contributed by atoms with E-state index in [-0.39, 0.29) is 23.1 Å². The van der Waals surface area contributed by atoms with Crippen molar-refractivity contribution in [3.63, 3.8) is 0 Å². The molecule has 2 heterocycles. The van der Waals surface area contributed by atoms with Crippen molar-refractivity contribution < 1.29 is 27.3 Å². The molecule has 0 spiro atoms. The molecule has 0 unspecified atom stereocenters. The van der Waals surface area contributed by atoms with Crippen LogP contribution in [0.3, 0.4) is 0 Å². The molecule has 2 saturated carbocycles. The van der Waals surface area contributed by atoms with Crippen LogP contribution in [0, 0.1) is 16.7 Å². The first-order valence-corrected chi connectivity index (χ1v) is 12.1. The quantitative estimate of drug-likeness (QED) is 0.543. The number of fused-ring (bicyclic) bond motifs is 4. The Hall–Kier alpha value is -1.25. The molecule has 2 aliphatic heterocycles. The lowest BCUT2D eigenvalue weighted by Crippen LogP contribution is -2.42. The van der Waals surface area contributed by atoms with Crippen molar-refractivity contribution in [3.8, 4) is 0 Å². The van der Waals surface area contributed by atoms with E-state index < -0.39 is 21.3 Å². The lowest BCUT2D eigenvalue weighted by Gasteiger charge is -2.35. The molecule has 4 aliphatic rings. The highest BCUT2D eigenvalue weighted by Crippen LogP contribution is 2.64. The third kappa shape index (κ3) is 3.91. The SMILES string of the molecule is CC1(C)[C@@H]2CC[C@@]1(CS(=O)(=O)O)C(=O)C2.CCOC(=O)C1=CC[C@@H]2CC[C@H]1N2C. The van der Waals surface area contributed by atoms with Crippen molar-refractivity contribution in [2.75, 3.05) is 19.4 Å². The molecule has 1 saturated heterocycles. The number of Topliss-reactive ketones (excluding diaryl/α,β-unsaturated/α-hetero) is 1. The summed E-state index contributed by atoms with van der Waals surface area (Å²) in [5, 5.41) is 0. The molecule has 1 N–H and O–H groups in total. The van der Waals surface area contributed by atoms with Crippen LogP contribution in [0.25, 0.3) is 0 Å². The highest BCUT2D eigenvalue weighted by Gasteiger charge is 2.65. The normalized spacial score (nSPS) is 35.1. The average molecular weight is 428 g/mol. The Balaban J connectivity index is 0.000000166. The molecule has 29 heavy (non-hydrogen) atoms. The largest absolute Gasteiger partial charge is 0.463 e. The highest BCUT2D eigenvalue weighted by molar-refractivity contribution is 7.85. The smallest absolute Gasteiger partial charge is 0.335 e. The van der Waals surface area contributed by atoms with Crippen LogP contribution in [0.5, 0.6) is 0 Å². The first kappa shape index (κ1) is 22.4. The maximum atomic E-state index is 11.9. The van der Waals surface area contributed by atoms with Crippen molar-refractivity contribution in [1.29, 1.82) is 0 Å². The van der Waals surface area contributed by atoms with Crippen LogP contribution in [-0.4, -0.2) is 61.1 Å². The summed E-state index contributed by atoms with van der Waals surface area (Å²) in [7, 11) is -1.97. The molecule has 2 aliphatic carbocycles. The zero-order valence-corrected chi connectivity index (χ0v) is 18.6. The molecule has 4 atom stereocenters. The number of hydrogen-bond donors (Lipinski definition) is 1. The van der Waals surface area contributed by atoms with Crippen molar-refractivity contribution in [2.45, 2.75) is 71.4 Å². The molecular formula is C21H33NO6S. The van der Waals surface area contributed by atoms with E-state index in [0.29, 0.717) is 31.5 Å². The number of ether oxygens (including phenoxy) is 1. The van der Waals surface area contributed by atoms with E-state index in [1.165, 1.54) is 6.42 Å². The fraction of sp³-hybridized carbons (Fsp3) is 0.810. The number of ketones is 1. The molecule has 7 nitrogen and oxygen atoms in total. The van der Waals surface area contributed by atoms with Crippen LogP contribution in [0.2, 0.25) is 0 Å². The van der Waals surface area contributed by atoms with E-state index in [2.05, 4.69) is 18.0 Å². The van der Waals surface area contributed by atoms with Crippen molar-refractivity contribution in [1.82, 2.24) is 4.90 Å². The summed E-state index contributed by atoms with van der Waals surface area (Å²) in [5.74, 6) is -0.222. The fourth-order valence-electron chi connectivity index (χ4n) is 5.92. The lowest BCUT2D eigenvalue weighted by molar-refractivity contribution is -0.139. The van der Waals surface area contributed by atoms with Gasteiger partial charge in [0.15, 0.2) is 0 Å². The van der Waals surface area contributed by atoms with Crippen LogP contribution in [-0.2, 0) is 24.4 Å². The molecule has 0 aromatic heterocycles. The molecule has 0 aromatic carbocycles. The van der Waals surface area contributed by atoms with Gasteiger partial charge in [-0.15, -0.1) is 0 Å². The van der Waals surface area contributed by atoms with E-state index in [1.54, 1.807) is 0 Å². The van der Waals surface area contributed by atoms with Crippen LogP contribution in [0.15, 0.2) is 11.6 Å². The molecule has 4 bridgehead atoms.